The lowest BCUT2D eigenvalue weighted by Gasteiger charge is -2.23. The van der Waals surface area contributed by atoms with E-state index < -0.39 is 5.54 Å². The van der Waals surface area contributed by atoms with Gasteiger partial charge in [-0.3, -0.25) is 4.79 Å². The standard InChI is InChI=1S/C15H18FN3O2/c1-15(2,9-17)19-13(20)7-12-8-21-14(18-12)10-3-5-11(16)6-4-10/h3-6,8H,7,9,17H2,1-2H3,(H,19,20). The summed E-state index contributed by atoms with van der Waals surface area (Å²) >= 11 is 0. The number of oxazole rings is 1. The van der Waals surface area contributed by atoms with E-state index in [0.29, 0.717) is 23.7 Å². The molecule has 0 aliphatic heterocycles. The van der Waals surface area contributed by atoms with E-state index in [1.54, 1.807) is 12.1 Å². The zero-order chi connectivity index (χ0) is 15.5. The van der Waals surface area contributed by atoms with Crippen molar-refractivity contribution in [2.75, 3.05) is 6.54 Å². The summed E-state index contributed by atoms with van der Waals surface area (Å²) in [6.45, 7) is 4.04. The molecule has 0 aliphatic rings. The third-order valence-electron chi connectivity index (χ3n) is 2.97. The Labute approximate surface area is 122 Å². The molecule has 5 nitrogen and oxygen atoms in total. The predicted octanol–water partition coefficient (Wildman–Crippen LogP) is 1.88. The van der Waals surface area contributed by atoms with Crippen LogP contribution in [0.15, 0.2) is 34.9 Å². The van der Waals surface area contributed by atoms with Crippen LogP contribution in [0.3, 0.4) is 0 Å². The Morgan fingerprint density at radius 3 is 2.67 bits per heavy atom. The maximum atomic E-state index is 12.9. The molecule has 112 valence electrons. The minimum atomic E-state index is -0.458. The van der Waals surface area contributed by atoms with E-state index in [2.05, 4.69) is 10.3 Å². The van der Waals surface area contributed by atoms with Crippen LogP contribution in [0.4, 0.5) is 4.39 Å². The molecule has 2 aromatic rings. The van der Waals surface area contributed by atoms with E-state index in [9.17, 15) is 9.18 Å². The summed E-state index contributed by atoms with van der Waals surface area (Å²) in [5, 5.41) is 2.82. The van der Waals surface area contributed by atoms with Crippen molar-refractivity contribution in [2.45, 2.75) is 25.8 Å². The number of aromatic nitrogens is 1. The highest BCUT2D eigenvalue weighted by atomic mass is 19.1. The fourth-order valence-corrected chi connectivity index (χ4v) is 1.75. The monoisotopic (exact) mass is 291 g/mol. The number of carbonyl (C=O) groups excluding carboxylic acids is 1. The normalized spacial score (nSPS) is 11.4. The van der Waals surface area contributed by atoms with Crippen molar-refractivity contribution < 1.29 is 13.6 Å². The lowest BCUT2D eigenvalue weighted by molar-refractivity contribution is -0.121. The lowest BCUT2D eigenvalue weighted by Crippen LogP contribution is -2.49. The zero-order valence-electron chi connectivity index (χ0n) is 12.0. The number of nitrogens with zero attached hydrogens (tertiary/aromatic N) is 1. The lowest BCUT2D eigenvalue weighted by atomic mass is 10.1. The van der Waals surface area contributed by atoms with Crippen LogP contribution >= 0.6 is 0 Å². The molecular formula is C15H18FN3O2. The van der Waals surface area contributed by atoms with Crippen LogP contribution in [-0.4, -0.2) is 23.0 Å². The number of nitrogens with one attached hydrogen (secondary N) is 1. The molecule has 0 saturated carbocycles. The first-order chi connectivity index (χ1) is 9.89. The molecular weight excluding hydrogens is 273 g/mol. The van der Waals surface area contributed by atoms with E-state index in [1.807, 2.05) is 13.8 Å². The van der Waals surface area contributed by atoms with E-state index in [0.717, 1.165) is 0 Å². The van der Waals surface area contributed by atoms with E-state index in [1.165, 1.54) is 18.4 Å². The SMILES string of the molecule is CC(C)(CN)NC(=O)Cc1coc(-c2ccc(F)cc2)n1. The first-order valence-electron chi connectivity index (χ1n) is 6.61. The van der Waals surface area contributed by atoms with Crippen LogP contribution < -0.4 is 11.1 Å². The number of carbonyl (C=O) groups is 1. The molecule has 3 N–H and O–H groups in total. The molecule has 0 radical (unpaired) electrons. The molecule has 0 spiro atoms. The van der Waals surface area contributed by atoms with Gasteiger partial charge in [0.2, 0.25) is 11.8 Å². The minimum Gasteiger partial charge on any atom is -0.444 e. The largest absolute Gasteiger partial charge is 0.444 e. The van der Waals surface area contributed by atoms with Crippen LogP contribution in [0.25, 0.3) is 11.5 Å². The number of hydrogen-bond donors (Lipinski definition) is 2. The summed E-state index contributed by atoms with van der Waals surface area (Å²) in [7, 11) is 0. The van der Waals surface area contributed by atoms with Crippen molar-refractivity contribution in [3.8, 4) is 11.5 Å². The number of benzene rings is 1. The molecule has 2 rings (SSSR count). The van der Waals surface area contributed by atoms with Gasteiger partial charge in [0.25, 0.3) is 0 Å². The summed E-state index contributed by atoms with van der Waals surface area (Å²) in [6.07, 6.45) is 1.53. The van der Waals surface area contributed by atoms with Crippen molar-refractivity contribution in [3.63, 3.8) is 0 Å². The van der Waals surface area contributed by atoms with Gasteiger partial charge in [0.15, 0.2) is 0 Å². The third kappa shape index (κ3) is 4.13. The first-order valence-corrected chi connectivity index (χ1v) is 6.61. The molecule has 0 atom stereocenters. The predicted molar refractivity (Wildman–Crippen MR) is 76.9 cm³/mol. The number of halogens is 1. The van der Waals surface area contributed by atoms with E-state index in [-0.39, 0.29) is 18.1 Å². The molecule has 0 bridgehead atoms. The van der Waals surface area contributed by atoms with Gasteiger partial charge in [0, 0.05) is 17.6 Å². The summed E-state index contributed by atoms with van der Waals surface area (Å²) in [4.78, 5) is 16.1. The van der Waals surface area contributed by atoms with Crippen LogP contribution in [0.2, 0.25) is 0 Å². The van der Waals surface area contributed by atoms with Crippen molar-refractivity contribution >= 4 is 5.91 Å². The van der Waals surface area contributed by atoms with Gasteiger partial charge >= 0.3 is 0 Å². The highest BCUT2D eigenvalue weighted by molar-refractivity contribution is 5.79. The molecule has 0 saturated heterocycles. The highest BCUT2D eigenvalue weighted by Gasteiger charge is 2.19. The average molecular weight is 291 g/mol. The van der Waals surface area contributed by atoms with Crippen molar-refractivity contribution in [1.29, 1.82) is 0 Å². The van der Waals surface area contributed by atoms with Gasteiger partial charge in [0.05, 0.1) is 12.1 Å². The van der Waals surface area contributed by atoms with Gasteiger partial charge in [-0.1, -0.05) is 0 Å². The Kier molecular flexibility index (Phi) is 4.37. The Morgan fingerprint density at radius 1 is 1.38 bits per heavy atom. The molecule has 6 heteroatoms. The summed E-state index contributed by atoms with van der Waals surface area (Å²) in [5.41, 5.74) is 6.27. The summed E-state index contributed by atoms with van der Waals surface area (Å²) < 4.78 is 18.2. The summed E-state index contributed by atoms with van der Waals surface area (Å²) in [6, 6.07) is 5.80. The topological polar surface area (TPSA) is 81.1 Å². The number of hydrogen-bond acceptors (Lipinski definition) is 4. The molecule has 1 amide bonds. The van der Waals surface area contributed by atoms with Gasteiger partial charge in [-0.05, 0) is 38.1 Å². The van der Waals surface area contributed by atoms with Gasteiger partial charge in [-0.15, -0.1) is 0 Å². The van der Waals surface area contributed by atoms with Crippen LogP contribution in [-0.2, 0) is 11.2 Å². The molecule has 0 aliphatic carbocycles. The van der Waals surface area contributed by atoms with Crippen LogP contribution in [0.1, 0.15) is 19.5 Å². The summed E-state index contributed by atoms with van der Waals surface area (Å²) in [5.74, 6) is -0.144. The highest BCUT2D eigenvalue weighted by Crippen LogP contribution is 2.19. The van der Waals surface area contributed by atoms with E-state index in [4.69, 9.17) is 10.2 Å². The second-order valence-corrected chi connectivity index (χ2v) is 5.46. The average Bonchev–Trinajstić information content (AvgIpc) is 2.87. The molecule has 21 heavy (non-hydrogen) atoms. The maximum Gasteiger partial charge on any atom is 0.226 e. The Balaban J connectivity index is 2.03. The van der Waals surface area contributed by atoms with E-state index >= 15 is 0 Å². The van der Waals surface area contributed by atoms with Gasteiger partial charge in [-0.2, -0.15) is 0 Å². The molecule has 0 fully saturated rings. The van der Waals surface area contributed by atoms with Gasteiger partial charge in [-0.25, -0.2) is 9.37 Å². The van der Waals surface area contributed by atoms with Crippen molar-refractivity contribution in [3.05, 3.63) is 42.0 Å². The molecule has 1 heterocycles. The van der Waals surface area contributed by atoms with Gasteiger partial charge < -0.3 is 15.5 Å². The van der Waals surface area contributed by atoms with Gasteiger partial charge in [0.1, 0.15) is 12.1 Å². The molecule has 1 aromatic carbocycles. The maximum absolute atomic E-state index is 12.9. The smallest absolute Gasteiger partial charge is 0.226 e. The second-order valence-electron chi connectivity index (χ2n) is 5.46. The Hall–Kier alpha value is -2.21. The fourth-order valence-electron chi connectivity index (χ4n) is 1.75. The van der Waals surface area contributed by atoms with Crippen LogP contribution in [0, 0.1) is 5.82 Å². The molecule has 0 unspecified atom stereocenters. The number of rotatable bonds is 5. The minimum absolute atomic E-state index is 0.105. The third-order valence-corrected chi connectivity index (χ3v) is 2.97. The Morgan fingerprint density at radius 2 is 2.05 bits per heavy atom. The number of amides is 1. The fraction of sp³-hybridized carbons (Fsp3) is 0.333. The number of nitrogens with two attached hydrogens (primary N) is 1. The van der Waals surface area contributed by atoms with Crippen molar-refractivity contribution in [2.24, 2.45) is 5.73 Å². The first kappa shape index (κ1) is 15.2. The Bertz CT molecular complexity index is 620. The zero-order valence-corrected chi connectivity index (χ0v) is 12.0. The molecule has 1 aromatic heterocycles. The van der Waals surface area contributed by atoms with Crippen molar-refractivity contribution in [1.82, 2.24) is 10.3 Å². The van der Waals surface area contributed by atoms with Crippen LogP contribution in [0.5, 0.6) is 0 Å². The second kappa shape index (κ2) is 6.05. The quantitative estimate of drug-likeness (QED) is 0.881.